The van der Waals surface area contributed by atoms with Crippen molar-refractivity contribution >= 4 is 11.8 Å². The van der Waals surface area contributed by atoms with Crippen LogP contribution >= 0.6 is 11.8 Å². The topological polar surface area (TPSA) is 29.9 Å². The fraction of sp³-hybridized carbons (Fsp3) is 0.800. The molecule has 1 saturated carbocycles. The summed E-state index contributed by atoms with van der Waals surface area (Å²) in [6, 6.07) is 2.76. The van der Waals surface area contributed by atoms with Crippen molar-refractivity contribution in [3.8, 4) is 0 Å². The normalized spacial score (nSPS) is 18.7. The van der Waals surface area contributed by atoms with Crippen LogP contribution in [0.5, 0.6) is 0 Å². The highest BCUT2D eigenvalue weighted by molar-refractivity contribution is 7.99. The number of hydrogen-bond acceptors (Lipinski definition) is 3. The van der Waals surface area contributed by atoms with Crippen molar-refractivity contribution in [2.24, 2.45) is 7.05 Å². The first-order chi connectivity index (χ1) is 9.19. The first-order valence-corrected chi connectivity index (χ1v) is 8.52. The van der Waals surface area contributed by atoms with Crippen LogP contribution in [0.2, 0.25) is 0 Å². The average Bonchev–Trinajstić information content (AvgIpc) is 2.74. The molecule has 1 aromatic rings. The summed E-state index contributed by atoms with van der Waals surface area (Å²) in [5, 5.41) is 8.80. The van der Waals surface area contributed by atoms with Gasteiger partial charge in [-0.15, -0.1) is 0 Å². The van der Waals surface area contributed by atoms with E-state index in [0.717, 1.165) is 17.4 Å². The van der Waals surface area contributed by atoms with E-state index in [1.807, 2.05) is 11.7 Å². The lowest BCUT2D eigenvalue weighted by Crippen LogP contribution is -2.31. The second-order valence-corrected chi connectivity index (χ2v) is 7.02. The van der Waals surface area contributed by atoms with Crippen LogP contribution in [0.3, 0.4) is 0 Å². The first kappa shape index (κ1) is 14.9. The van der Waals surface area contributed by atoms with E-state index in [-0.39, 0.29) is 0 Å². The molecule has 0 bridgehead atoms. The second-order valence-electron chi connectivity index (χ2n) is 5.68. The van der Waals surface area contributed by atoms with Gasteiger partial charge in [0, 0.05) is 36.2 Å². The molecule has 1 fully saturated rings. The van der Waals surface area contributed by atoms with Crippen LogP contribution in [0.1, 0.15) is 43.5 Å². The molecule has 19 heavy (non-hydrogen) atoms. The van der Waals surface area contributed by atoms with Crippen molar-refractivity contribution in [2.45, 2.75) is 56.7 Å². The molecule has 1 aliphatic carbocycles. The summed E-state index contributed by atoms with van der Waals surface area (Å²) in [7, 11) is 4.12. The van der Waals surface area contributed by atoms with Gasteiger partial charge >= 0.3 is 0 Å². The third-order valence-corrected chi connectivity index (χ3v) is 5.59. The van der Waals surface area contributed by atoms with E-state index < -0.39 is 0 Å². The number of nitrogens with zero attached hydrogens (tertiary/aromatic N) is 2. The van der Waals surface area contributed by atoms with Gasteiger partial charge in [-0.05, 0) is 32.9 Å². The number of aryl methyl sites for hydroxylation is 2. The third-order valence-electron chi connectivity index (χ3n) is 4.05. The highest BCUT2D eigenvalue weighted by atomic mass is 32.2. The Kier molecular flexibility index (Phi) is 5.76. The predicted octanol–water partition coefficient (Wildman–Crippen LogP) is 2.92. The van der Waals surface area contributed by atoms with Gasteiger partial charge in [-0.3, -0.25) is 4.68 Å². The number of likely N-dealkylation sites (N-methyl/N-ethyl adjacent to an activating group) is 1. The summed E-state index contributed by atoms with van der Waals surface area (Å²) in [6.07, 6.45) is 8.23. The van der Waals surface area contributed by atoms with E-state index in [1.54, 1.807) is 0 Å². The smallest absolute Gasteiger partial charge is 0.0596 e. The molecule has 108 valence electrons. The Hall–Kier alpha value is -0.480. The Bertz CT molecular complexity index is 383. The Morgan fingerprint density at radius 1 is 1.42 bits per heavy atom. The van der Waals surface area contributed by atoms with Crippen LogP contribution < -0.4 is 5.32 Å². The highest BCUT2D eigenvalue weighted by Crippen LogP contribution is 2.28. The zero-order valence-corrected chi connectivity index (χ0v) is 13.3. The fourth-order valence-corrected chi connectivity index (χ4v) is 4.29. The molecule has 1 heterocycles. The maximum Gasteiger partial charge on any atom is 0.0596 e. The van der Waals surface area contributed by atoms with E-state index in [4.69, 9.17) is 0 Å². The zero-order valence-electron chi connectivity index (χ0n) is 12.5. The van der Waals surface area contributed by atoms with Crippen LogP contribution in [0.4, 0.5) is 0 Å². The average molecular weight is 281 g/mol. The fourth-order valence-electron chi connectivity index (χ4n) is 2.84. The molecule has 0 amide bonds. The van der Waals surface area contributed by atoms with Crippen LogP contribution in [-0.4, -0.2) is 33.9 Å². The van der Waals surface area contributed by atoms with Crippen LogP contribution in [-0.2, 0) is 13.5 Å². The maximum absolute atomic E-state index is 4.43. The first-order valence-electron chi connectivity index (χ1n) is 7.47. The molecule has 0 saturated heterocycles. The lowest BCUT2D eigenvalue weighted by atomic mass is 10.0. The molecule has 1 N–H and O–H groups in total. The quantitative estimate of drug-likeness (QED) is 0.869. The minimum absolute atomic E-state index is 0.557. The summed E-state index contributed by atoms with van der Waals surface area (Å²) >= 11 is 2.17. The van der Waals surface area contributed by atoms with Crippen LogP contribution in [0.25, 0.3) is 0 Å². The Balaban J connectivity index is 1.81. The minimum Gasteiger partial charge on any atom is -0.316 e. The van der Waals surface area contributed by atoms with Gasteiger partial charge in [0.2, 0.25) is 0 Å². The molecule has 0 aromatic carbocycles. The standard InChI is InChI=1S/C15H27N3S/c1-12-9-14(18(3)17-12)10-13(16-2)11-19-15-7-5-4-6-8-15/h9,13,15-16H,4-8,10-11H2,1-3H3. The lowest BCUT2D eigenvalue weighted by molar-refractivity contribution is 0.513. The molecule has 3 nitrogen and oxygen atoms in total. The van der Waals surface area contributed by atoms with Crippen molar-refractivity contribution in [3.05, 3.63) is 17.5 Å². The van der Waals surface area contributed by atoms with Gasteiger partial charge in [0.1, 0.15) is 0 Å². The summed E-state index contributed by atoms with van der Waals surface area (Å²) in [5.74, 6) is 1.21. The van der Waals surface area contributed by atoms with Crippen molar-refractivity contribution in [2.75, 3.05) is 12.8 Å². The molecule has 1 unspecified atom stereocenters. The van der Waals surface area contributed by atoms with Gasteiger partial charge in [0.05, 0.1) is 5.69 Å². The van der Waals surface area contributed by atoms with Gasteiger partial charge < -0.3 is 5.32 Å². The van der Waals surface area contributed by atoms with Crippen molar-refractivity contribution in [3.63, 3.8) is 0 Å². The summed E-state index contributed by atoms with van der Waals surface area (Å²) in [4.78, 5) is 0. The third kappa shape index (κ3) is 4.53. The van der Waals surface area contributed by atoms with Gasteiger partial charge in [0.25, 0.3) is 0 Å². The van der Waals surface area contributed by atoms with Crippen molar-refractivity contribution in [1.82, 2.24) is 15.1 Å². The van der Waals surface area contributed by atoms with E-state index in [0.29, 0.717) is 6.04 Å². The number of hydrogen-bond donors (Lipinski definition) is 1. The highest BCUT2D eigenvalue weighted by Gasteiger charge is 2.17. The Morgan fingerprint density at radius 3 is 2.74 bits per heavy atom. The van der Waals surface area contributed by atoms with Crippen molar-refractivity contribution in [1.29, 1.82) is 0 Å². The minimum atomic E-state index is 0.557. The van der Waals surface area contributed by atoms with Crippen molar-refractivity contribution < 1.29 is 0 Å². The van der Waals surface area contributed by atoms with Crippen LogP contribution in [0, 0.1) is 6.92 Å². The molecule has 1 atom stereocenters. The lowest BCUT2D eigenvalue weighted by Gasteiger charge is -2.24. The summed E-state index contributed by atoms with van der Waals surface area (Å²) < 4.78 is 2.02. The molecule has 1 aromatic heterocycles. The van der Waals surface area contributed by atoms with E-state index >= 15 is 0 Å². The molecule has 0 spiro atoms. The Morgan fingerprint density at radius 2 is 2.16 bits per heavy atom. The summed E-state index contributed by atoms with van der Waals surface area (Å²) in [5.41, 5.74) is 2.45. The summed E-state index contributed by atoms with van der Waals surface area (Å²) in [6.45, 7) is 2.06. The number of rotatable bonds is 6. The van der Waals surface area contributed by atoms with E-state index in [9.17, 15) is 0 Å². The second kappa shape index (κ2) is 7.34. The molecule has 0 aliphatic heterocycles. The monoisotopic (exact) mass is 281 g/mol. The molecule has 0 radical (unpaired) electrons. The number of aromatic nitrogens is 2. The van der Waals surface area contributed by atoms with E-state index in [1.165, 1.54) is 43.6 Å². The zero-order chi connectivity index (χ0) is 13.7. The van der Waals surface area contributed by atoms with Gasteiger partial charge in [0.15, 0.2) is 0 Å². The predicted molar refractivity (Wildman–Crippen MR) is 83.8 cm³/mol. The largest absolute Gasteiger partial charge is 0.316 e. The molecule has 2 rings (SSSR count). The van der Waals surface area contributed by atoms with Gasteiger partial charge in [-0.2, -0.15) is 16.9 Å². The Labute approximate surface area is 121 Å². The molecular formula is C15H27N3S. The SMILES string of the molecule is CNC(CSC1CCCCC1)Cc1cc(C)nn1C. The molecule has 4 heteroatoms. The molecular weight excluding hydrogens is 254 g/mol. The number of thioether (sulfide) groups is 1. The maximum atomic E-state index is 4.43. The number of nitrogens with one attached hydrogen (secondary N) is 1. The van der Waals surface area contributed by atoms with Gasteiger partial charge in [-0.1, -0.05) is 19.3 Å². The molecule has 1 aliphatic rings. The van der Waals surface area contributed by atoms with Gasteiger partial charge in [-0.25, -0.2) is 0 Å². The van der Waals surface area contributed by atoms with E-state index in [2.05, 4.69) is 42.2 Å². The van der Waals surface area contributed by atoms with Crippen LogP contribution in [0.15, 0.2) is 6.07 Å².